The summed E-state index contributed by atoms with van der Waals surface area (Å²) < 4.78 is 30.9. The zero-order valence-electron chi connectivity index (χ0n) is 13.7. The van der Waals surface area contributed by atoms with Gasteiger partial charge in [-0.05, 0) is 48.2 Å². The Balaban J connectivity index is 1.79. The number of carbonyl (C=O) groups is 1. The predicted octanol–water partition coefficient (Wildman–Crippen LogP) is 1.88. The molecule has 132 valence electrons. The first-order valence-electron chi connectivity index (χ1n) is 8.04. The monoisotopic (exact) mass is 360 g/mol. The summed E-state index contributed by atoms with van der Waals surface area (Å²) in [6.45, 7) is 0.657. The molecule has 7 heteroatoms. The highest BCUT2D eigenvalue weighted by molar-refractivity contribution is 7.90. The summed E-state index contributed by atoms with van der Waals surface area (Å²) in [4.78, 5) is 11.1. The van der Waals surface area contributed by atoms with Gasteiger partial charge in [0.1, 0.15) is 5.75 Å². The van der Waals surface area contributed by atoms with Crippen LogP contribution in [0.15, 0.2) is 47.4 Å². The van der Waals surface area contributed by atoms with Gasteiger partial charge in [-0.1, -0.05) is 18.2 Å². The molecule has 0 spiro atoms. The molecule has 0 saturated carbocycles. The van der Waals surface area contributed by atoms with Crippen LogP contribution in [0.1, 0.15) is 17.5 Å². The number of ether oxygens (including phenoxy) is 1. The lowest BCUT2D eigenvalue weighted by Gasteiger charge is -2.20. The number of hydrogen-bond acceptors (Lipinski definition) is 5. The largest absolute Gasteiger partial charge is 0.484 e. The van der Waals surface area contributed by atoms with Gasteiger partial charge in [0, 0.05) is 12.2 Å². The van der Waals surface area contributed by atoms with Gasteiger partial charge in [0.05, 0.1) is 10.6 Å². The van der Waals surface area contributed by atoms with E-state index >= 15 is 0 Å². The Bertz CT molecular complexity index is 876. The molecule has 0 aromatic heterocycles. The lowest BCUT2D eigenvalue weighted by Crippen LogP contribution is -2.20. The third kappa shape index (κ3) is 4.11. The summed E-state index contributed by atoms with van der Waals surface area (Å²) >= 11 is 0. The van der Waals surface area contributed by atoms with E-state index in [-0.39, 0.29) is 12.4 Å². The predicted molar refractivity (Wildman–Crippen MR) is 95.3 cm³/mol. The molecule has 3 rings (SSSR count). The first-order valence-corrected chi connectivity index (χ1v) is 9.69. The fourth-order valence-corrected chi connectivity index (χ4v) is 4.56. The van der Waals surface area contributed by atoms with Crippen molar-refractivity contribution in [1.29, 1.82) is 0 Å². The maximum Gasteiger partial charge on any atom is 0.255 e. The first kappa shape index (κ1) is 17.3. The SMILES string of the molecule is NC(=O)COc1ccc(CS(=O)(=O)c2cccc3c2CCCN3)cc1. The highest BCUT2D eigenvalue weighted by Gasteiger charge is 2.22. The quantitative estimate of drug-likeness (QED) is 0.820. The molecule has 0 radical (unpaired) electrons. The number of hydrogen-bond donors (Lipinski definition) is 2. The summed E-state index contributed by atoms with van der Waals surface area (Å²) in [7, 11) is -3.45. The normalized spacial score (nSPS) is 13.6. The van der Waals surface area contributed by atoms with Crippen molar-refractivity contribution in [3.63, 3.8) is 0 Å². The zero-order valence-corrected chi connectivity index (χ0v) is 14.5. The van der Waals surface area contributed by atoms with Crippen molar-refractivity contribution >= 4 is 21.4 Å². The van der Waals surface area contributed by atoms with Gasteiger partial charge in [-0.25, -0.2) is 8.42 Å². The van der Waals surface area contributed by atoms with E-state index in [0.717, 1.165) is 30.6 Å². The van der Waals surface area contributed by atoms with E-state index in [0.29, 0.717) is 16.2 Å². The van der Waals surface area contributed by atoms with Crippen LogP contribution in [0.3, 0.4) is 0 Å². The van der Waals surface area contributed by atoms with Crippen molar-refractivity contribution in [3.8, 4) is 5.75 Å². The Morgan fingerprint density at radius 2 is 1.92 bits per heavy atom. The van der Waals surface area contributed by atoms with Gasteiger partial charge >= 0.3 is 0 Å². The van der Waals surface area contributed by atoms with Crippen LogP contribution < -0.4 is 15.8 Å². The van der Waals surface area contributed by atoms with Crippen molar-refractivity contribution < 1.29 is 17.9 Å². The van der Waals surface area contributed by atoms with E-state index in [1.54, 1.807) is 36.4 Å². The van der Waals surface area contributed by atoms with Crippen molar-refractivity contribution in [3.05, 3.63) is 53.6 Å². The van der Waals surface area contributed by atoms with E-state index < -0.39 is 15.7 Å². The maximum atomic E-state index is 12.9. The number of primary amides is 1. The molecule has 0 fully saturated rings. The second-order valence-corrected chi connectivity index (χ2v) is 7.93. The number of nitrogens with two attached hydrogens (primary N) is 1. The average molecular weight is 360 g/mol. The lowest BCUT2D eigenvalue weighted by atomic mass is 10.0. The molecule has 2 aromatic carbocycles. The summed E-state index contributed by atoms with van der Waals surface area (Å²) in [5.74, 6) is -0.171. The number of carbonyl (C=O) groups excluding carboxylic acids is 1. The number of anilines is 1. The molecule has 0 bridgehead atoms. The van der Waals surface area contributed by atoms with Gasteiger partial charge < -0.3 is 15.8 Å². The molecule has 0 atom stereocenters. The molecule has 1 amide bonds. The average Bonchev–Trinajstić information content (AvgIpc) is 2.60. The molecule has 1 heterocycles. The summed E-state index contributed by atoms with van der Waals surface area (Å²) in [6, 6.07) is 12.0. The minimum Gasteiger partial charge on any atom is -0.484 e. The molecule has 1 aliphatic heterocycles. The molecular weight excluding hydrogens is 340 g/mol. The molecule has 0 aliphatic carbocycles. The van der Waals surface area contributed by atoms with Crippen LogP contribution in [0.2, 0.25) is 0 Å². The Morgan fingerprint density at radius 1 is 1.16 bits per heavy atom. The van der Waals surface area contributed by atoms with Crippen molar-refractivity contribution in [2.24, 2.45) is 5.73 Å². The molecule has 2 aromatic rings. The maximum absolute atomic E-state index is 12.9. The van der Waals surface area contributed by atoms with E-state index in [4.69, 9.17) is 10.5 Å². The molecule has 1 aliphatic rings. The van der Waals surface area contributed by atoms with Crippen LogP contribution in [0.5, 0.6) is 5.75 Å². The van der Waals surface area contributed by atoms with Crippen molar-refractivity contribution in [2.45, 2.75) is 23.5 Å². The Labute approximate surface area is 146 Å². The number of rotatable bonds is 6. The van der Waals surface area contributed by atoms with Gasteiger partial charge in [-0.2, -0.15) is 0 Å². The fourth-order valence-electron chi connectivity index (χ4n) is 2.90. The van der Waals surface area contributed by atoms with E-state index in [1.165, 1.54) is 0 Å². The molecule has 0 saturated heterocycles. The third-order valence-electron chi connectivity index (χ3n) is 4.05. The molecule has 6 nitrogen and oxygen atoms in total. The standard InChI is InChI=1S/C18H20N2O4S/c19-18(21)11-24-14-8-6-13(7-9-14)12-25(22,23)17-5-1-4-16-15(17)3-2-10-20-16/h1,4-9,20H,2-3,10-12H2,(H2,19,21). The second kappa shape index (κ2) is 7.14. The Hall–Kier alpha value is -2.54. The van der Waals surface area contributed by atoms with Crippen LogP contribution in [-0.4, -0.2) is 27.5 Å². The van der Waals surface area contributed by atoms with E-state index in [1.807, 2.05) is 6.07 Å². The molecule has 0 unspecified atom stereocenters. The number of amides is 1. The zero-order chi connectivity index (χ0) is 17.9. The number of benzene rings is 2. The summed E-state index contributed by atoms with van der Waals surface area (Å²) in [5, 5.41) is 3.25. The van der Waals surface area contributed by atoms with E-state index in [2.05, 4.69) is 5.32 Å². The lowest BCUT2D eigenvalue weighted by molar-refractivity contribution is -0.119. The van der Waals surface area contributed by atoms with Gasteiger partial charge in [-0.15, -0.1) is 0 Å². The van der Waals surface area contributed by atoms with Crippen molar-refractivity contribution in [2.75, 3.05) is 18.5 Å². The van der Waals surface area contributed by atoms with Crippen LogP contribution >= 0.6 is 0 Å². The van der Waals surface area contributed by atoms with Crippen LogP contribution in [0, 0.1) is 0 Å². The van der Waals surface area contributed by atoms with Gasteiger partial charge in [0.2, 0.25) is 0 Å². The fraction of sp³-hybridized carbons (Fsp3) is 0.278. The molecule has 25 heavy (non-hydrogen) atoms. The van der Waals surface area contributed by atoms with Crippen LogP contribution in [-0.2, 0) is 26.8 Å². The smallest absolute Gasteiger partial charge is 0.255 e. The Kier molecular flexibility index (Phi) is 4.94. The van der Waals surface area contributed by atoms with Crippen LogP contribution in [0.4, 0.5) is 5.69 Å². The topological polar surface area (TPSA) is 98.5 Å². The van der Waals surface area contributed by atoms with Crippen LogP contribution in [0.25, 0.3) is 0 Å². The second-order valence-electron chi connectivity index (χ2n) is 5.97. The highest BCUT2D eigenvalue weighted by Crippen LogP contribution is 2.30. The molecular formula is C18H20N2O4S. The minimum atomic E-state index is -3.45. The third-order valence-corrected chi connectivity index (χ3v) is 5.81. The van der Waals surface area contributed by atoms with E-state index in [9.17, 15) is 13.2 Å². The summed E-state index contributed by atoms with van der Waals surface area (Å²) in [6.07, 6.45) is 1.68. The first-order chi connectivity index (χ1) is 12.0. The molecule has 3 N–H and O–H groups in total. The van der Waals surface area contributed by atoms with Gasteiger partial charge in [0.25, 0.3) is 5.91 Å². The minimum absolute atomic E-state index is 0.0838. The number of fused-ring (bicyclic) bond motifs is 1. The number of nitrogens with one attached hydrogen (secondary N) is 1. The Morgan fingerprint density at radius 3 is 2.64 bits per heavy atom. The highest BCUT2D eigenvalue weighted by atomic mass is 32.2. The summed E-state index contributed by atoms with van der Waals surface area (Å²) in [5.41, 5.74) is 7.46. The number of sulfone groups is 1. The van der Waals surface area contributed by atoms with Gasteiger partial charge in [0.15, 0.2) is 16.4 Å². The van der Waals surface area contributed by atoms with Gasteiger partial charge in [-0.3, -0.25) is 4.79 Å². The van der Waals surface area contributed by atoms with Crippen molar-refractivity contribution in [1.82, 2.24) is 0 Å².